The van der Waals surface area contributed by atoms with Crippen molar-refractivity contribution in [1.82, 2.24) is 5.32 Å². The van der Waals surface area contributed by atoms with Crippen molar-refractivity contribution in [3.63, 3.8) is 0 Å². The van der Waals surface area contributed by atoms with Gasteiger partial charge in [0.15, 0.2) is 0 Å². The van der Waals surface area contributed by atoms with Gasteiger partial charge in [0.25, 0.3) is 0 Å². The van der Waals surface area contributed by atoms with E-state index in [2.05, 4.69) is 111 Å². The van der Waals surface area contributed by atoms with E-state index in [0.29, 0.717) is 19.3 Å². The number of aliphatic hydroxyl groups is 2. The van der Waals surface area contributed by atoms with Crippen LogP contribution >= 0.6 is 0 Å². The summed E-state index contributed by atoms with van der Waals surface area (Å²) in [6.07, 6.45) is 63.5. The van der Waals surface area contributed by atoms with E-state index in [1.807, 2.05) is 6.08 Å². The van der Waals surface area contributed by atoms with E-state index < -0.39 is 18.2 Å². The van der Waals surface area contributed by atoms with Crippen LogP contribution in [-0.2, 0) is 14.3 Å². The molecular weight excluding hydrogens is 755 g/mol. The van der Waals surface area contributed by atoms with Crippen LogP contribution in [0.4, 0.5) is 0 Å². The van der Waals surface area contributed by atoms with Crippen molar-refractivity contribution in [1.29, 1.82) is 0 Å². The smallest absolute Gasteiger partial charge is 0.306 e. The Morgan fingerprint density at radius 2 is 0.918 bits per heavy atom. The molecule has 0 rings (SSSR count). The highest BCUT2D eigenvalue weighted by Crippen LogP contribution is 2.15. The molecule has 0 heterocycles. The van der Waals surface area contributed by atoms with E-state index in [1.165, 1.54) is 70.6 Å². The third kappa shape index (κ3) is 43.2. The number of carbonyl (C=O) groups excluding carboxylic acids is 2. The molecule has 0 saturated heterocycles. The van der Waals surface area contributed by atoms with Gasteiger partial charge in [0.2, 0.25) is 5.91 Å². The number of esters is 1. The van der Waals surface area contributed by atoms with Crippen molar-refractivity contribution in [2.45, 2.75) is 232 Å². The third-order valence-electron chi connectivity index (χ3n) is 10.7. The molecule has 0 aromatic heterocycles. The Kier molecular flexibility index (Phi) is 45.3. The molecular formula is C55H93NO5. The SMILES string of the molecule is CC/C=C/C/C=C/C/C=C/C/C=C/C/C=C/C(CC(=O)NC(CO)C(O)CCCCCCCCCCCCCC)OC(=O)CCCCCCCC/C=C/C/C=C/C/C=C/CC. The van der Waals surface area contributed by atoms with Crippen LogP contribution in [0.15, 0.2) is 97.2 Å². The van der Waals surface area contributed by atoms with Gasteiger partial charge in [-0.2, -0.15) is 0 Å². The van der Waals surface area contributed by atoms with Gasteiger partial charge < -0.3 is 20.3 Å². The summed E-state index contributed by atoms with van der Waals surface area (Å²) in [5, 5.41) is 23.7. The number of nitrogens with one attached hydrogen (secondary N) is 1. The van der Waals surface area contributed by atoms with E-state index in [0.717, 1.165) is 96.3 Å². The second kappa shape index (κ2) is 47.8. The minimum Gasteiger partial charge on any atom is -0.458 e. The summed E-state index contributed by atoms with van der Waals surface area (Å²) in [4.78, 5) is 26.0. The Hall–Kier alpha value is -3.22. The lowest BCUT2D eigenvalue weighted by atomic mass is 10.0. The van der Waals surface area contributed by atoms with Crippen LogP contribution in [0.3, 0.4) is 0 Å². The topological polar surface area (TPSA) is 95.9 Å². The molecule has 3 N–H and O–H groups in total. The number of allylic oxidation sites excluding steroid dienone is 15. The quantitative estimate of drug-likeness (QED) is 0.0323. The summed E-state index contributed by atoms with van der Waals surface area (Å²) in [5.41, 5.74) is 0. The van der Waals surface area contributed by atoms with E-state index in [-0.39, 0.29) is 24.9 Å². The fourth-order valence-electron chi connectivity index (χ4n) is 6.93. The van der Waals surface area contributed by atoms with Crippen LogP contribution in [0.25, 0.3) is 0 Å². The molecule has 0 aliphatic rings. The first kappa shape index (κ1) is 57.8. The average Bonchev–Trinajstić information content (AvgIpc) is 3.25. The largest absolute Gasteiger partial charge is 0.458 e. The molecule has 0 aromatic rings. The second-order valence-corrected chi connectivity index (χ2v) is 16.5. The minimum absolute atomic E-state index is 0.0562. The summed E-state index contributed by atoms with van der Waals surface area (Å²) < 4.78 is 5.81. The predicted octanol–water partition coefficient (Wildman–Crippen LogP) is 14.9. The molecule has 6 nitrogen and oxygen atoms in total. The first-order chi connectivity index (χ1) is 30.0. The molecule has 0 saturated carbocycles. The number of aliphatic hydroxyl groups excluding tert-OH is 2. The van der Waals surface area contributed by atoms with Crippen molar-refractivity contribution in [3.8, 4) is 0 Å². The maximum Gasteiger partial charge on any atom is 0.306 e. The molecule has 0 radical (unpaired) electrons. The zero-order valence-corrected chi connectivity index (χ0v) is 39.5. The lowest BCUT2D eigenvalue weighted by Gasteiger charge is -2.23. The lowest BCUT2D eigenvalue weighted by Crippen LogP contribution is -2.46. The van der Waals surface area contributed by atoms with Crippen molar-refractivity contribution in [2.24, 2.45) is 0 Å². The Balaban J connectivity index is 4.77. The zero-order chi connectivity index (χ0) is 44.5. The number of hydrogen-bond donors (Lipinski definition) is 3. The lowest BCUT2D eigenvalue weighted by molar-refractivity contribution is -0.148. The zero-order valence-electron chi connectivity index (χ0n) is 39.5. The van der Waals surface area contributed by atoms with Gasteiger partial charge in [-0.25, -0.2) is 0 Å². The maximum absolute atomic E-state index is 13.2. The van der Waals surface area contributed by atoms with Crippen LogP contribution in [0.5, 0.6) is 0 Å². The van der Waals surface area contributed by atoms with Gasteiger partial charge in [-0.1, -0.05) is 215 Å². The van der Waals surface area contributed by atoms with Crippen molar-refractivity contribution in [3.05, 3.63) is 97.2 Å². The van der Waals surface area contributed by atoms with Gasteiger partial charge in [-0.15, -0.1) is 0 Å². The molecule has 61 heavy (non-hydrogen) atoms. The first-order valence-corrected chi connectivity index (χ1v) is 25.0. The molecule has 1 amide bonds. The fraction of sp³-hybridized carbons (Fsp3) is 0.673. The third-order valence-corrected chi connectivity index (χ3v) is 10.7. The average molecular weight is 848 g/mol. The standard InChI is InChI=1S/C55H93NO5/c1-4-7-10-13-16-19-22-25-27-28-30-33-36-39-42-45-48-55(60)61-51(46-43-40-37-34-31-29-26-23-20-17-14-11-8-5-2)49-54(59)56-52(50-57)53(58)47-44-41-38-35-32-24-21-18-15-12-9-6-3/h7-8,10-11,16-17,19-20,25-27,29,34,37,43,46,51-53,57-58H,4-6,9,12-15,18,21-24,28,30-33,35-36,38-42,44-45,47-50H2,1-3H3,(H,56,59)/b10-7+,11-8+,19-16+,20-17+,27-25+,29-26+,37-34+,46-43+. The molecule has 0 spiro atoms. The Morgan fingerprint density at radius 3 is 1.39 bits per heavy atom. The molecule has 0 aromatic carbocycles. The molecule has 0 aliphatic carbocycles. The Morgan fingerprint density at radius 1 is 0.508 bits per heavy atom. The van der Waals surface area contributed by atoms with Gasteiger partial charge in [-0.3, -0.25) is 9.59 Å². The molecule has 6 heteroatoms. The van der Waals surface area contributed by atoms with E-state index >= 15 is 0 Å². The number of rotatable bonds is 43. The summed E-state index contributed by atoms with van der Waals surface area (Å²) in [5.74, 6) is -0.651. The summed E-state index contributed by atoms with van der Waals surface area (Å²) in [6.45, 7) is 6.20. The molecule has 3 atom stereocenters. The number of carbonyl (C=O) groups is 2. The van der Waals surface area contributed by atoms with Gasteiger partial charge in [0.05, 0.1) is 25.2 Å². The summed E-state index contributed by atoms with van der Waals surface area (Å²) in [6, 6.07) is -0.749. The number of amides is 1. The number of ether oxygens (including phenoxy) is 1. The molecule has 348 valence electrons. The van der Waals surface area contributed by atoms with Gasteiger partial charge in [0.1, 0.15) is 6.10 Å². The monoisotopic (exact) mass is 848 g/mol. The highest BCUT2D eigenvalue weighted by molar-refractivity contribution is 5.78. The second-order valence-electron chi connectivity index (χ2n) is 16.5. The first-order valence-electron chi connectivity index (χ1n) is 25.0. The van der Waals surface area contributed by atoms with Crippen molar-refractivity contribution in [2.75, 3.05) is 6.61 Å². The highest BCUT2D eigenvalue weighted by atomic mass is 16.5. The van der Waals surface area contributed by atoms with Gasteiger partial charge >= 0.3 is 5.97 Å². The van der Waals surface area contributed by atoms with Crippen LogP contribution in [-0.4, -0.2) is 46.9 Å². The minimum atomic E-state index is -0.825. The Labute approximate surface area is 376 Å². The van der Waals surface area contributed by atoms with Gasteiger partial charge in [-0.05, 0) is 83.1 Å². The number of hydrogen-bond acceptors (Lipinski definition) is 5. The summed E-state index contributed by atoms with van der Waals surface area (Å²) >= 11 is 0. The number of unbranched alkanes of at least 4 members (excludes halogenated alkanes) is 17. The molecule has 0 bridgehead atoms. The van der Waals surface area contributed by atoms with Crippen LogP contribution in [0.2, 0.25) is 0 Å². The van der Waals surface area contributed by atoms with Crippen LogP contribution in [0, 0.1) is 0 Å². The maximum atomic E-state index is 13.2. The molecule has 0 fully saturated rings. The van der Waals surface area contributed by atoms with E-state index in [4.69, 9.17) is 4.74 Å². The predicted molar refractivity (Wildman–Crippen MR) is 264 cm³/mol. The van der Waals surface area contributed by atoms with E-state index in [9.17, 15) is 19.8 Å². The highest BCUT2D eigenvalue weighted by Gasteiger charge is 2.23. The van der Waals surface area contributed by atoms with Crippen LogP contribution < -0.4 is 5.32 Å². The Bertz CT molecular complexity index is 1220. The van der Waals surface area contributed by atoms with Crippen molar-refractivity contribution >= 4 is 11.9 Å². The van der Waals surface area contributed by atoms with Gasteiger partial charge in [0, 0.05) is 6.42 Å². The van der Waals surface area contributed by atoms with Crippen LogP contribution in [0.1, 0.15) is 213 Å². The van der Waals surface area contributed by atoms with Crippen molar-refractivity contribution < 1.29 is 24.5 Å². The molecule has 3 unspecified atom stereocenters. The van der Waals surface area contributed by atoms with E-state index in [1.54, 1.807) is 6.08 Å². The summed E-state index contributed by atoms with van der Waals surface area (Å²) in [7, 11) is 0. The molecule has 0 aliphatic heterocycles. The normalized spacial score (nSPS) is 14.1. The fourth-order valence-corrected chi connectivity index (χ4v) is 6.93.